The molecule has 4 amide bonds. The highest BCUT2D eigenvalue weighted by Crippen LogP contribution is 2.40. The van der Waals surface area contributed by atoms with Crippen molar-refractivity contribution in [3.05, 3.63) is 89.5 Å². The van der Waals surface area contributed by atoms with E-state index in [1.165, 1.54) is 9.80 Å². The van der Waals surface area contributed by atoms with Crippen molar-refractivity contribution in [1.82, 2.24) is 45.7 Å². The minimum atomic E-state index is -0.774. The molecule has 3 aliphatic heterocycles. The molecule has 14 nitrogen and oxygen atoms in total. The number of nitrogens with one attached hydrogen (secondary N) is 3. The van der Waals surface area contributed by atoms with E-state index in [2.05, 4.69) is 40.8 Å². The smallest absolute Gasteiger partial charge is 0.264 e. The third-order valence-electron chi connectivity index (χ3n) is 10.6. The van der Waals surface area contributed by atoms with E-state index < -0.39 is 42.1 Å². The van der Waals surface area contributed by atoms with Crippen molar-refractivity contribution in [2.45, 2.75) is 45.7 Å². The zero-order chi connectivity index (χ0) is 36.5. The molecule has 3 unspecified atom stereocenters. The Bertz CT molecular complexity index is 2550. The van der Waals surface area contributed by atoms with E-state index in [9.17, 15) is 19.2 Å². The fraction of sp³-hybridized carbons (Fsp3) is 0.282. The minimum Gasteiger partial charge on any atom is -0.368 e. The van der Waals surface area contributed by atoms with E-state index in [0.29, 0.717) is 85.4 Å². The van der Waals surface area contributed by atoms with Crippen molar-refractivity contribution in [2.75, 3.05) is 31.1 Å². The lowest BCUT2D eigenvalue weighted by Crippen LogP contribution is -2.61. The number of aromatic nitrogens is 4. The van der Waals surface area contributed by atoms with Crippen molar-refractivity contribution < 1.29 is 19.2 Å². The molecule has 0 bridgehead atoms. The highest BCUT2D eigenvalue weighted by molar-refractivity contribution is 6.31. The predicted octanol–water partition coefficient (Wildman–Crippen LogP) is 3.79. The Balaban J connectivity index is 1.03. The van der Waals surface area contributed by atoms with Gasteiger partial charge in [0.05, 0.1) is 62.9 Å². The summed E-state index contributed by atoms with van der Waals surface area (Å²) in [5, 5.41) is 12.7. The molecule has 3 atom stereocenters. The molecule has 266 valence electrons. The minimum absolute atomic E-state index is 0.376. The molecule has 2 aromatic heterocycles. The van der Waals surface area contributed by atoms with Crippen LogP contribution in [0.4, 0.5) is 5.69 Å². The number of piperazine rings is 1. The standard InChI is InChI=1S/C39H36N10O4/c1-4-30(45-20(2)48-36(50)24-7-5-6-22-31(24)25(37(48)51)18-27-34(22)43-12-10-41-27)46-21(3)49-38(52)26-19-28-35(44-13-11-42-28)23-8-9-29(33(32(23)26)39(49)53)47-16-14-40-15-17-47/h5-13,18-21,30,40,45-46H,4,14-17H2,1-3H3. The van der Waals surface area contributed by atoms with Crippen LogP contribution in [0.5, 0.6) is 0 Å². The van der Waals surface area contributed by atoms with Crippen LogP contribution in [0.25, 0.3) is 43.6 Å². The summed E-state index contributed by atoms with van der Waals surface area (Å²) in [4.78, 5) is 79.7. The van der Waals surface area contributed by atoms with Gasteiger partial charge in [-0.1, -0.05) is 19.1 Å². The van der Waals surface area contributed by atoms with Gasteiger partial charge in [0.2, 0.25) is 0 Å². The molecule has 4 aromatic carbocycles. The first-order chi connectivity index (χ1) is 25.8. The average Bonchev–Trinajstić information content (AvgIpc) is 3.18. The second-order valence-electron chi connectivity index (χ2n) is 13.7. The van der Waals surface area contributed by atoms with Gasteiger partial charge in [-0.05, 0) is 50.6 Å². The maximum absolute atomic E-state index is 14.6. The second-order valence-corrected chi connectivity index (χ2v) is 13.7. The summed E-state index contributed by atoms with van der Waals surface area (Å²) in [7, 11) is 0. The molecule has 0 radical (unpaired) electrons. The quantitative estimate of drug-likeness (QED) is 0.119. The zero-order valence-corrected chi connectivity index (χ0v) is 29.4. The van der Waals surface area contributed by atoms with Crippen LogP contribution in [0.3, 0.4) is 0 Å². The predicted molar refractivity (Wildman–Crippen MR) is 199 cm³/mol. The van der Waals surface area contributed by atoms with Crippen LogP contribution < -0.4 is 20.9 Å². The SMILES string of the molecule is CCC(NC(C)N1C(=O)c2cccc3c2c(cc2nccnc23)C1=O)NC(C)N1C(=O)c2cc3nccnc3c3ccc(N4CCNCC4)c(c23)C1=O. The first-order valence-electron chi connectivity index (χ1n) is 17.9. The number of fused-ring (bicyclic) bond motifs is 4. The number of imide groups is 2. The summed E-state index contributed by atoms with van der Waals surface area (Å²) < 4.78 is 0. The van der Waals surface area contributed by atoms with E-state index in [1.54, 1.807) is 62.9 Å². The lowest BCUT2D eigenvalue weighted by molar-refractivity contribution is 0.0473. The van der Waals surface area contributed by atoms with Crippen molar-refractivity contribution in [3.8, 4) is 0 Å². The van der Waals surface area contributed by atoms with Gasteiger partial charge in [-0.3, -0.25) is 59.5 Å². The second kappa shape index (κ2) is 12.6. The Kier molecular flexibility index (Phi) is 7.83. The molecule has 53 heavy (non-hydrogen) atoms. The fourth-order valence-corrected chi connectivity index (χ4v) is 8.16. The first-order valence-corrected chi connectivity index (χ1v) is 17.9. The number of amides is 4. The molecule has 6 aromatic rings. The van der Waals surface area contributed by atoms with Gasteiger partial charge >= 0.3 is 0 Å². The van der Waals surface area contributed by atoms with Crippen LogP contribution in [-0.2, 0) is 0 Å². The summed E-state index contributed by atoms with van der Waals surface area (Å²) >= 11 is 0. The lowest BCUT2D eigenvalue weighted by Gasteiger charge is -2.39. The Hall–Kier alpha value is -5.96. The van der Waals surface area contributed by atoms with E-state index in [0.717, 1.165) is 18.8 Å². The number of hydrogen-bond donors (Lipinski definition) is 3. The number of nitrogens with zero attached hydrogens (tertiary/aromatic N) is 7. The third kappa shape index (κ3) is 5.05. The molecule has 3 N–H and O–H groups in total. The van der Waals surface area contributed by atoms with Crippen molar-refractivity contribution in [2.24, 2.45) is 0 Å². The number of benzene rings is 4. The molecular formula is C39H36N10O4. The van der Waals surface area contributed by atoms with Gasteiger partial charge in [-0.15, -0.1) is 0 Å². The van der Waals surface area contributed by atoms with Gasteiger partial charge in [-0.2, -0.15) is 0 Å². The maximum atomic E-state index is 14.6. The van der Waals surface area contributed by atoms with Crippen molar-refractivity contribution in [3.63, 3.8) is 0 Å². The topological polar surface area (TPSA) is 166 Å². The third-order valence-corrected chi connectivity index (χ3v) is 10.6. The molecule has 3 aliphatic rings. The van der Waals surface area contributed by atoms with Gasteiger partial charge in [-0.25, -0.2) is 0 Å². The Morgan fingerprint density at radius 3 is 1.85 bits per heavy atom. The molecule has 1 fully saturated rings. The van der Waals surface area contributed by atoms with Gasteiger partial charge in [0.1, 0.15) is 0 Å². The molecular weight excluding hydrogens is 672 g/mol. The highest BCUT2D eigenvalue weighted by Gasteiger charge is 2.41. The molecule has 14 heteroatoms. The fourth-order valence-electron chi connectivity index (χ4n) is 8.16. The Labute approximate surface area is 303 Å². The Morgan fingerprint density at radius 2 is 1.23 bits per heavy atom. The molecule has 9 rings (SSSR count). The summed E-state index contributed by atoms with van der Waals surface area (Å²) in [6.45, 7) is 8.43. The molecule has 0 aliphatic carbocycles. The van der Waals surface area contributed by atoms with E-state index in [1.807, 2.05) is 25.1 Å². The van der Waals surface area contributed by atoms with Crippen LogP contribution in [0.1, 0.15) is 68.6 Å². The first kappa shape index (κ1) is 32.9. The number of anilines is 1. The summed E-state index contributed by atoms with van der Waals surface area (Å²) in [5.74, 6) is -1.73. The number of hydrogen-bond acceptors (Lipinski definition) is 12. The zero-order valence-electron chi connectivity index (χ0n) is 29.4. The molecule has 0 spiro atoms. The van der Waals surface area contributed by atoms with E-state index in [4.69, 9.17) is 0 Å². The van der Waals surface area contributed by atoms with E-state index >= 15 is 0 Å². The van der Waals surface area contributed by atoms with Gasteiger partial charge in [0.15, 0.2) is 0 Å². The van der Waals surface area contributed by atoms with Crippen LogP contribution in [-0.4, -0.2) is 98.0 Å². The van der Waals surface area contributed by atoms with Crippen LogP contribution in [0.2, 0.25) is 0 Å². The van der Waals surface area contributed by atoms with Gasteiger partial charge in [0, 0.05) is 78.1 Å². The molecule has 0 saturated carbocycles. The number of carbonyl (C=O) groups is 4. The largest absolute Gasteiger partial charge is 0.368 e. The van der Waals surface area contributed by atoms with Crippen molar-refractivity contribution in [1.29, 1.82) is 0 Å². The van der Waals surface area contributed by atoms with Crippen LogP contribution in [0.15, 0.2) is 67.3 Å². The highest BCUT2D eigenvalue weighted by atomic mass is 16.2. The monoisotopic (exact) mass is 708 g/mol. The van der Waals surface area contributed by atoms with Gasteiger partial charge < -0.3 is 10.2 Å². The average molecular weight is 709 g/mol. The number of carbonyl (C=O) groups excluding carboxylic acids is 4. The summed E-state index contributed by atoms with van der Waals surface area (Å²) in [5.41, 5.74) is 4.78. The lowest BCUT2D eigenvalue weighted by atomic mass is 9.90. The normalized spacial score (nSPS) is 17.8. The van der Waals surface area contributed by atoms with Gasteiger partial charge in [0.25, 0.3) is 23.6 Å². The van der Waals surface area contributed by atoms with E-state index in [-0.39, 0.29) is 0 Å². The van der Waals surface area contributed by atoms with Crippen LogP contribution >= 0.6 is 0 Å². The molecule has 1 saturated heterocycles. The summed E-state index contributed by atoms with van der Waals surface area (Å²) in [6, 6.07) is 12.6. The van der Waals surface area contributed by atoms with Crippen LogP contribution in [0, 0.1) is 0 Å². The Morgan fingerprint density at radius 1 is 0.679 bits per heavy atom. The molecule has 5 heterocycles. The number of rotatable bonds is 8. The summed E-state index contributed by atoms with van der Waals surface area (Å²) in [6.07, 6.45) is 4.83. The maximum Gasteiger partial charge on any atom is 0.264 e. The van der Waals surface area contributed by atoms with Crippen molar-refractivity contribution >= 4 is 72.9 Å².